The third kappa shape index (κ3) is 4.93. The van der Waals surface area contributed by atoms with E-state index in [0.29, 0.717) is 5.92 Å². The highest BCUT2D eigenvalue weighted by atomic mass is 32.2. The summed E-state index contributed by atoms with van der Waals surface area (Å²) in [6, 6.07) is 8.01. The van der Waals surface area contributed by atoms with Gasteiger partial charge in [0.1, 0.15) is 0 Å². The van der Waals surface area contributed by atoms with Crippen LogP contribution in [0.25, 0.3) is 0 Å². The van der Waals surface area contributed by atoms with Gasteiger partial charge < -0.3 is 15.3 Å². The van der Waals surface area contributed by atoms with Crippen molar-refractivity contribution in [3.05, 3.63) is 29.8 Å². The van der Waals surface area contributed by atoms with Gasteiger partial charge in [-0.15, -0.1) is 0 Å². The van der Waals surface area contributed by atoms with Crippen molar-refractivity contribution in [1.29, 1.82) is 0 Å². The Morgan fingerprint density at radius 2 is 2.19 bits per heavy atom. The van der Waals surface area contributed by atoms with Gasteiger partial charge in [0.15, 0.2) is 0 Å². The van der Waals surface area contributed by atoms with Gasteiger partial charge in [-0.25, -0.2) is 4.79 Å². The molecule has 21 heavy (non-hydrogen) atoms. The SMILES string of the molecule is CCSCc1cccc(NC(=O)N2CCC(CO)CC2)c1. The van der Waals surface area contributed by atoms with Crippen molar-refractivity contribution in [2.24, 2.45) is 5.92 Å². The molecule has 2 rings (SSSR count). The summed E-state index contributed by atoms with van der Waals surface area (Å²) in [5.74, 6) is 2.42. The van der Waals surface area contributed by atoms with Crippen LogP contribution in [0.15, 0.2) is 24.3 Å². The van der Waals surface area contributed by atoms with E-state index in [0.717, 1.165) is 43.1 Å². The van der Waals surface area contributed by atoms with E-state index in [4.69, 9.17) is 5.11 Å². The number of anilines is 1. The van der Waals surface area contributed by atoms with Gasteiger partial charge in [-0.2, -0.15) is 11.8 Å². The van der Waals surface area contributed by atoms with E-state index < -0.39 is 0 Å². The molecule has 2 N–H and O–H groups in total. The molecule has 0 unspecified atom stereocenters. The van der Waals surface area contributed by atoms with Gasteiger partial charge in [-0.05, 0) is 42.2 Å². The number of rotatable bonds is 5. The van der Waals surface area contributed by atoms with Crippen molar-refractivity contribution in [2.75, 3.05) is 30.8 Å². The fraction of sp³-hybridized carbons (Fsp3) is 0.562. The predicted octanol–water partition coefficient (Wildman–Crippen LogP) is 3.18. The number of aliphatic hydroxyl groups is 1. The predicted molar refractivity (Wildman–Crippen MR) is 88.7 cm³/mol. The molecule has 1 saturated heterocycles. The number of carbonyl (C=O) groups excluding carboxylic acids is 1. The van der Waals surface area contributed by atoms with Crippen molar-refractivity contribution in [1.82, 2.24) is 4.90 Å². The first-order valence-corrected chi connectivity index (χ1v) is 8.72. The Morgan fingerprint density at radius 3 is 2.86 bits per heavy atom. The molecule has 116 valence electrons. The summed E-state index contributed by atoms with van der Waals surface area (Å²) in [6.07, 6.45) is 1.77. The third-order valence-corrected chi connectivity index (χ3v) is 4.76. The fourth-order valence-electron chi connectivity index (χ4n) is 2.48. The first-order chi connectivity index (χ1) is 10.2. The second-order valence-corrected chi connectivity index (χ2v) is 6.65. The molecule has 0 aromatic heterocycles. The molecule has 5 heteroatoms. The first kappa shape index (κ1) is 16.2. The van der Waals surface area contributed by atoms with Crippen LogP contribution in [0.4, 0.5) is 10.5 Å². The number of amides is 2. The zero-order valence-electron chi connectivity index (χ0n) is 12.5. The van der Waals surface area contributed by atoms with Gasteiger partial charge in [0, 0.05) is 31.1 Å². The number of nitrogens with zero attached hydrogens (tertiary/aromatic N) is 1. The van der Waals surface area contributed by atoms with E-state index in [1.165, 1.54) is 5.56 Å². The van der Waals surface area contributed by atoms with Crippen LogP contribution in [0.2, 0.25) is 0 Å². The molecule has 1 aromatic carbocycles. The quantitative estimate of drug-likeness (QED) is 0.878. The van der Waals surface area contributed by atoms with E-state index in [1.807, 2.05) is 34.9 Å². The van der Waals surface area contributed by atoms with Gasteiger partial charge in [-0.1, -0.05) is 19.1 Å². The molecular weight excluding hydrogens is 284 g/mol. The minimum atomic E-state index is -0.0355. The molecular formula is C16H24N2O2S. The van der Waals surface area contributed by atoms with Crippen LogP contribution >= 0.6 is 11.8 Å². The van der Waals surface area contributed by atoms with Crippen LogP contribution in [0.3, 0.4) is 0 Å². The molecule has 0 atom stereocenters. The van der Waals surface area contributed by atoms with Crippen molar-refractivity contribution in [3.63, 3.8) is 0 Å². The minimum absolute atomic E-state index is 0.0355. The van der Waals surface area contributed by atoms with Gasteiger partial charge in [0.25, 0.3) is 0 Å². The monoisotopic (exact) mass is 308 g/mol. The summed E-state index contributed by atoms with van der Waals surface area (Å²) in [4.78, 5) is 14.1. The Hall–Kier alpha value is -1.20. The zero-order chi connectivity index (χ0) is 15.1. The highest BCUT2D eigenvalue weighted by molar-refractivity contribution is 7.98. The molecule has 1 aromatic rings. The summed E-state index contributed by atoms with van der Waals surface area (Å²) in [5.41, 5.74) is 2.09. The van der Waals surface area contributed by atoms with E-state index in [-0.39, 0.29) is 12.6 Å². The number of urea groups is 1. The van der Waals surface area contributed by atoms with E-state index in [2.05, 4.69) is 18.3 Å². The molecule has 2 amide bonds. The Morgan fingerprint density at radius 1 is 1.43 bits per heavy atom. The standard InChI is InChI=1S/C16H24N2O2S/c1-2-21-12-14-4-3-5-15(10-14)17-16(20)18-8-6-13(11-19)7-9-18/h3-5,10,13,19H,2,6-9,11-12H2,1H3,(H,17,20). The smallest absolute Gasteiger partial charge is 0.321 e. The number of likely N-dealkylation sites (tertiary alicyclic amines) is 1. The number of thioether (sulfide) groups is 1. The summed E-state index contributed by atoms with van der Waals surface area (Å²) in [6.45, 7) is 3.82. The topological polar surface area (TPSA) is 52.6 Å². The normalized spacial score (nSPS) is 16.0. The summed E-state index contributed by atoms with van der Waals surface area (Å²) in [7, 11) is 0. The fourth-order valence-corrected chi connectivity index (χ4v) is 3.10. The number of hydrogen-bond acceptors (Lipinski definition) is 3. The molecule has 0 bridgehead atoms. The molecule has 0 radical (unpaired) electrons. The van der Waals surface area contributed by atoms with Gasteiger partial charge >= 0.3 is 6.03 Å². The van der Waals surface area contributed by atoms with Gasteiger partial charge in [0.2, 0.25) is 0 Å². The average molecular weight is 308 g/mol. The molecule has 4 nitrogen and oxygen atoms in total. The lowest BCUT2D eigenvalue weighted by molar-refractivity contribution is 0.143. The Labute approximate surface area is 130 Å². The second-order valence-electron chi connectivity index (χ2n) is 5.38. The first-order valence-electron chi connectivity index (χ1n) is 7.56. The van der Waals surface area contributed by atoms with E-state index >= 15 is 0 Å². The highest BCUT2D eigenvalue weighted by Crippen LogP contribution is 2.19. The number of carbonyl (C=O) groups is 1. The van der Waals surface area contributed by atoms with Crippen molar-refractivity contribution >= 4 is 23.5 Å². The molecule has 1 aliphatic rings. The largest absolute Gasteiger partial charge is 0.396 e. The summed E-state index contributed by atoms with van der Waals surface area (Å²) < 4.78 is 0. The van der Waals surface area contributed by atoms with Crippen LogP contribution in [-0.2, 0) is 5.75 Å². The second kappa shape index (κ2) is 8.29. The lowest BCUT2D eigenvalue weighted by atomic mass is 9.98. The van der Waals surface area contributed by atoms with E-state index in [9.17, 15) is 4.79 Å². The molecule has 0 spiro atoms. The van der Waals surface area contributed by atoms with Gasteiger partial charge in [0.05, 0.1) is 0 Å². The average Bonchev–Trinajstić information content (AvgIpc) is 2.53. The third-order valence-electron chi connectivity index (χ3n) is 3.81. The highest BCUT2D eigenvalue weighted by Gasteiger charge is 2.22. The number of piperidine rings is 1. The Bertz CT molecular complexity index is 459. The Kier molecular flexibility index (Phi) is 6.39. The number of aliphatic hydroxyl groups excluding tert-OH is 1. The minimum Gasteiger partial charge on any atom is -0.396 e. The van der Waals surface area contributed by atoms with Crippen LogP contribution in [0.1, 0.15) is 25.3 Å². The van der Waals surface area contributed by atoms with Crippen LogP contribution < -0.4 is 5.32 Å². The van der Waals surface area contributed by atoms with Gasteiger partial charge in [-0.3, -0.25) is 0 Å². The number of benzene rings is 1. The van der Waals surface area contributed by atoms with Crippen LogP contribution in [0.5, 0.6) is 0 Å². The molecule has 0 saturated carbocycles. The van der Waals surface area contributed by atoms with Crippen LogP contribution in [0, 0.1) is 5.92 Å². The summed E-state index contributed by atoms with van der Waals surface area (Å²) in [5, 5.41) is 12.1. The number of nitrogens with one attached hydrogen (secondary N) is 1. The lowest BCUT2D eigenvalue weighted by Gasteiger charge is -2.31. The molecule has 1 fully saturated rings. The zero-order valence-corrected chi connectivity index (χ0v) is 13.4. The molecule has 1 aliphatic heterocycles. The molecule has 1 heterocycles. The maximum absolute atomic E-state index is 12.2. The van der Waals surface area contributed by atoms with E-state index in [1.54, 1.807) is 0 Å². The van der Waals surface area contributed by atoms with Crippen molar-refractivity contribution in [2.45, 2.75) is 25.5 Å². The number of hydrogen-bond donors (Lipinski definition) is 2. The Balaban J connectivity index is 1.87. The van der Waals surface area contributed by atoms with Crippen molar-refractivity contribution in [3.8, 4) is 0 Å². The van der Waals surface area contributed by atoms with Crippen LogP contribution in [-0.4, -0.2) is 41.5 Å². The maximum atomic E-state index is 12.2. The summed E-state index contributed by atoms with van der Waals surface area (Å²) >= 11 is 1.87. The molecule has 0 aliphatic carbocycles. The van der Waals surface area contributed by atoms with Crippen molar-refractivity contribution < 1.29 is 9.90 Å². The lowest BCUT2D eigenvalue weighted by Crippen LogP contribution is -2.41. The maximum Gasteiger partial charge on any atom is 0.321 e.